The van der Waals surface area contributed by atoms with Gasteiger partial charge in [-0.15, -0.1) is 0 Å². The molecule has 0 saturated heterocycles. The Kier molecular flexibility index (Phi) is 3.53. The Bertz CT molecular complexity index is 1460. The third kappa shape index (κ3) is 2.31. The van der Waals surface area contributed by atoms with E-state index in [2.05, 4.69) is 15.1 Å². The summed E-state index contributed by atoms with van der Waals surface area (Å²) in [4.78, 5) is 45.3. The Morgan fingerprint density at radius 2 is 1.93 bits per heavy atom. The quantitative estimate of drug-likeness (QED) is 0.454. The highest BCUT2D eigenvalue weighted by Gasteiger charge is 2.19. The van der Waals surface area contributed by atoms with E-state index in [0.717, 1.165) is 9.08 Å². The molecule has 0 spiro atoms. The topological polar surface area (TPSA) is 136 Å². The Labute approximate surface area is 154 Å². The van der Waals surface area contributed by atoms with Gasteiger partial charge in [0.25, 0.3) is 11.1 Å². The summed E-state index contributed by atoms with van der Waals surface area (Å²) in [5.74, 6) is 0. The molecule has 0 aliphatic rings. The molecule has 0 saturated carbocycles. The molecule has 4 aromatic heterocycles. The van der Waals surface area contributed by atoms with E-state index in [1.54, 1.807) is 0 Å². The van der Waals surface area contributed by atoms with E-state index < -0.39 is 16.8 Å². The molecule has 0 fully saturated rings. The first kappa shape index (κ1) is 16.8. The summed E-state index contributed by atoms with van der Waals surface area (Å²) < 4.78 is 4.67. The number of aromatic nitrogens is 7. The summed E-state index contributed by atoms with van der Waals surface area (Å²) in [5.41, 5.74) is -0.617. The first-order chi connectivity index (χ1) is 12.8. The maximum atomic E-state index is 12.6. The number of imidazole rings is 1. The van der Waals surface area contributed by atoms with Crippen LogP contribution in [-0.2, 0) is 20.6 Å². The number of nitrogens with zero attached hydrogens (tertiary/aromatic N) is 7. The molecule has 0 amide bonds. The van der Waals surface area contributed by atoms with Crippen LogP contribution in [-0.4, -0.2) is 33.3 Å². The van der Waals surface area contributed by atoms with Crippen LogP contribution < -0.4 is 16.8 Å². The molecule has 0 aliphatic carbocycles. The molecule has 0 aliphatic heterocycles. The second-order valence-electron chi connectivity index (χ2n) is 5.89. The molecule has 4 heterocycles. The zero-order chi connectivity index (χ0) is 19.5. The number of hydrogen-bond donors (Lipinski definition) is 1. The molecule has 0 radical (unpaired) electrons. The normalized spacial score (nSPS) is 11.3. The van der Waals surface area contributed by atoms with E-state index in [4.69, 9.17) is 16.9 Å². The largest absolute Gasteiger partial charge is 0.332 e. The number of hydrogen-bond acceptors (Lipinski definition) is 6. The van der Waals surface area contributed by atoms with Crippen molar-refractivity contribution in [3.63, 3.8) is 0 Å². The molecule has 1 N–H and O–H groups in total. The van der Waals surface area contributed by atoms with Gasteiger partial charge in [-0.1, -0.05) is 0 Å². The first-order valence-corrected chi connectivity index (χ1v) is 8.03. The number of aryl methyl sites for hydroxylation is 1. The molecule has 0 bridgehead atoms. The fourth-order valence-electron chi connectivity index (χ4n) is 2.92. The maximum absolute atomic E-state index is 12.6. The van der Waals surface area contributed by atoms with E-state index in [9.17, 15) is 14.4 Å². The lowest BCUT2D eigenvalue weighted by Gasteiger charge is -2.07. The minimum Gasteiger partial charge on any atom is -0.303 e. The van der Waals surface area contributed by atoms with Crippen LogP contribution in [0.4, 0.5) is 0 Å². The van der Waals surface area contributed by atoms with Crippen molar-refractivity contribution in [1.29, 1.82) is 5.26 Å². The molecule has 0 unspecified atom stereocenters. The Morgan fingerprint density at radius 1 is 1.19 bits per heavy atom. The molecule has 4 rings (SSSR count). The minimum atomic E-state index is -0.565. The van der Waals surface area contributed by atoms with Crippen molar-refractivity contribution < 1.29 is 0 Å². The SMILES string of the molecule is Cn1c(=O)c2c(nc(Cl)n2Cc2cc(=O)n3[nH]cc(C#N)c3n2)n(C)c1=O. The molecule has 4 aromatic rings. The number of halogens is 1. The predicted octanol–water partition coefficient (Wildman–Crippen LogP) is -0.657. The highest BCUT2D eigenvalue weighted by molar-refractivity contribution is 6.29. The van der Waals surface area contributed by atoms with Crippen molar-refractivity contribution in [3.05, 3.63) is 60.0 Å². The monoisotopic (exact) mass is 386 g/mol. The lowest BCUT2D eigenvalue weighted by Crippen LogP contribution is -2.37. The second-order valence-corrected chi connectivity index (χ2v) is 6.23. The molecule has 136 valence electrons. The van der Waals surface area contributed by atoms with E-state index in [1.807, 2.05) is 6.07 Å². The minimum absolute atomic E-state index is 0.0279. The van der Waals surface area contributed by atoms with Gasteiger partial charge in [0.2, 0.25) is 5.28 Å². The van der Waals surface area contributed by atoms with E-state index in [1.165, 1.54) is 35.5 Å². The molecule has 11 nitrogen and oxygen atoms in total. The zero-order valence-electron chi connectivity index (χ0n) is 14.1. The standard InChI is InChI=1S/C15H11ClN8O3/c1-21-12-10(13(26)22(2)15(21)27)23(14(16)20-12)6-8-3-9(25)24-11(19-8)7(4-17)5-18-24/h3,5,18H,6H2,1-2H3. The van der Waals surface area contributed by atoms with Crippen LogP contribution in [0.5, 0.6) is 0 Å². The van der Waals surface area contributed by atoms with Gasteiger partial charge in [-0.05, 0) is 11.6 Å². The highest BCUT2D eigenvalue weighted by Crippen LogP contribution is 2.17. The van der Waals surface area contributed by atoms with Crippen molar-refractivity contribution in [2.24, 2.45) is 14.1 Å². The lowest BCUT2D eigenvalue weighted by atomic mass is 10.3. The molecule has 27 heavy (non-hydrogen) atoms. The average Bonchev–Trinajstić information content (AvgIpc) is 3.20. The Hall–Kier alpha value is -3.65. The first-order valence-electron chi connectivity index (χ1n) is 7.65. The molecular weight excluding hydrogens is 376 g/mol. The molecular formula is C15H11ClN8O3. The third-order valence-electron chi connectivity index (χ3n) is 4.29. The number of H-pyrrole nitrogens is 1. The van der Waals surface area contributed by atoms with E-state index >= 15 is 0 Å². The average molecular weight is 387 g/mol. The number of rotatable bonds is 2. The second kappa shape index (κ2) is 5.68. The molecule has 12 heteroatoms. The van der Waals surface area contributed by atoms with Crippen molar-refractivity contribution in [1.82, 2.24) is 33.3 Å². The number of nitriles is 1. The van der Waals surface area contributed by atoms with Gasteiger partial charge < -0.3 is 4.57 Å². The number of fused-ring (bicyclic) bond motifs is 2. The van der Waals surface area contributed by atoms with Crippen molar-refractivity contribution in [2.45, 2.75) is 6.54 Å². The van der Waals surface area contributed by atoms with Crippen molar-refractivity contribution >= 4 is 28.4 Å². The zero-order valence-corrected chi connectivity index (χ0v) is 14.9. The van der Waals surface area contributed by atoms with Crippen LogP contribution in [0.25, 0.3) is 16.8 Å². The van der Waals surface area contributed by atoms with Crippen LogP contribution in [0.15, 0.2) is 26.6 Å². The fourth-order valence-corrected chi connectivity index (χ4v) is 3.14. The van der Waals surface area contributed by atoms with Crippen molar-refractivity contribution in [2.75, 3.05) is 0 Å². The number of nitrogens with one attached hydrogen (secondary N) is 1. The van der Waals surface area contributed by atoms with Crippen LogP contribution in [0, 0.1) is 11.3 Å². The Morgan fingerprint density at radius 3 is 2.63 bits per heavy atom. The van der Waals surface area contributed by atoms with Gasteiger partial charge in [0.05, 0.1) is 12.2 Å². The summed E-state index contributed by atoms with van der Waals surface area (Å²) in [5, 5.41) is 11.8. The van der Waals surface area contributed by atoms with Crippen LogP contribution >= 0.6 is 11.6 Å². The summed E-state index contributed by atoms with van der Waals surface area (Å²) in [6.07, 6.45) is 1.37. The highest BCUT2D eigenvalue weighted by atomic mass is 35.5. The summed E-state index contributed by atoms with van der Waals surface area (Å²) in [6, 6.07) is 3.21. The van der Waals surface area contributed by atoms with Gasteiger partial charge in [-0.3, -0.25) is 23.8 Å². The fraction of sp³-hybridized carbons (Fsp3) is 0.200. The summed E-state index contributed by atoms with van der Waals surface area (Å²) >= 11 is 6.18. The van der Waals surface area contributed by atoms with Gasteiger partial charge in [0.1, 0.15) is 11.6 Å². The van der Waals surface area contributed by atoms with E-state index in [0.29, 0.717) is 0 Å². The molecule has 0 atom stereocenters. The maximum Gasteiger partial charge on any atom is 0.332 e. The summed E-state index contributed by atoms with van der Waals surface area (Å²) in [6.45, 7) is -0.0371. The van der Waals surface area contributed by atoms with Crippen LogP contribution in [0.3, 0.4) is 0 Å². The van der Waals surface area contributed by atoms with Gasteiger partial charge in [-0.25, -0.2) is 14.3 Å². The lowest BCUT2D eigenvalue weighted by molar-refractivity contribution is 0.700. The third-order valence-corrected chi connectivity index (χ3v) is 4.58. The van der Waals surface area contributed by atoms with Crippen molar-refractivity contribution in [3.8, 4) is 6.07 Å². The van der Waals surface area contributed by atoms with Gasteiger partial charge in [0.15, 0.2) is 16.8 Å². The molecule has 0 aromatic carbocycles. The summed E-state index contributed by atoms with van der Waals surface area (Å²) in [7, 11) is 2.83. The predicted molar refractivity (Wildman–Crippen MR) is 94.9 cm³/mol. The van der Waals surface area contributed by atoms with Crippen LogP contribution in [0.1, 0.15) is 11.3 Å². The van der Waals surface area contributed by atoms with Gasteiger partial charge >= 0.3 is 5.69 Å². The van der Waals surface area contributed by atoms with Crippen LogP contribution in [0.2, 0.25) is 5.28 Å². The van der Waals surface area contributed by atoms with Gasteiger partial charge in [-0.2, -0.15) is 10.2 Å². The van der Waals surface area contributed by atoms with E-state index in [-0.39, 0.29) is 39.9 Å². The smallest absolute Gasteiger partial charge is 0.303 e. The Balaban J connectivity index is 1.98. The number of aromatic amines is 1. The van der Waals surface area contributed by atoms with Gasteiger partial charge in [0, 0.05) is 26.4 Å².